The molecule has 0 aliphatic carbocycles. The molecule has 114 valence electrons. The maximum Gasteiger partial charge on any atom is 0.573 e. The standard InChI is InChI=1S/C13H13F3N2O3/c1-12(2)10(19)17-11(20)18(12)7-8-3-5-9(6-4-8)21-13(14,15)16/h3-6H,7H2,1-2H3,(H,17,19,20). The van der Waals surface area contributed by atoms with Crippen LogP contribution in [0.4, 0.5) is 18.0 Å². The third-order valence-corrected chi connectivity index (χ3v) is 3.19. The van der Waals surface area contributed by atoms with E-state index in [1.54, 1.807) is 13.8 Å². The average Bonchev–Trinajstić information content (AvgIpc) is 2.52. The largest absolute Gasteiger partial charge is 0.573 e. The van der Waals surface area contributed by atoms with Gasteiger partial charge >= 0.3 is 12.4 Å². The van der Waals surface area contributed by atoms with E-state index in [1.807, 2.05) is 0 Å². The van der Waals surface area contributed by atoms with Gasteiger partial charge in [0.05, 0.1) is 0 Å². The molecule has 1 aromatic carbocycles. The molecule has 1 aromatic rings. The van der Waals surface area contributed by atoms with Crippen LogP contribution in [0.5, 0.6) is 5.75 Å². The predicted molar refractivity (Wildman–Crippen MR) is 66.3 cm³/mol. The Balaban J connectivity index is 2.10. The fourth-order valence-corrected chi connectivity index (χ4v) is 1.94. The van der Waals surface area contributed by atoms with E-state index in [0.717, 1.165) is 12.1 Å². The van der Waals surface area contributed by atoms with Gasteiger partial charge in [-0.05, 0) is 31.5 Å². The molecule has 1 saturated heterocycles. The summed E-state index contributed by atoms with van der Waals surface area (Å²) in [6, 6.07) is 4.61. The minimum absolute atomic E-state index is 0.108. The molecule has 1 aliphatic heterocycles. The van der Waals surface area contributed by atoms with Crippen LogP contribution in [0.25, 0.3) is 0 Å². The van der Waals surface area contributed by atoms with Crippen LogP contribution in [0.1, 0.15) is 19.4 Å². The molecule has 0 aromatic heterocycles. The SMILES string of the molecule is CC1(C)C(=O)NC(=O)N1Cc1ccc(OC(F)(F)F)cc1. The molecular formula is C13H13F3N2O3. The summed E-state index contributed by atoms with van der Waals surface area (Å²) in [7, 11) is 0. The Morgan fingerprint density at radius 3 is 2.19 bits per heavy atom. The molecule has 0 unspecified atom stereocenters. The summed E-state index contributed by atoms with van der Waals surface area (Å²) in [4.78, 5) is 24.6. The molecule has 5 nitrogen and oxygen atoms in total. The Bertz CT molecular complexity index is 567. The Labute approximate surface area is 118 Å². The summed E-state index contributed by atoms with van der Waals surface area (Å²) >= 11 is 0. The highest BCUT2D eigenvalue weighted by molar-refractivity contribution is 6.06. The second-order valence-corrected chi connectivity index (χ2v) is 5.10. The van der Waals surface area contributed by atoms with Crippen molar-refractivity contribution in [2.75, 3.05) is 0 Å². The van der Waals surface area contributed by atoms with E-state index in [1.165, 1.54) is 17.0 Å². The van der Waals surface area contributed by atoms with Gasteiger partial charge in [0.25, 0.3) is 5.91 Å². The number of hydrogen-bond acceptors (Lipinski definition) is 3. The zero-order chi connectivity index (χ0) is 15.8. The minimum Gasteiger partial charge on any atom is -0.406 e. The maximum atomic E-state index is 12.0. The van der Waals surface area contributed by atoms with Gasteiger partial charge < -0.3 is 9.64 Å². The van der Waals surface area contributed by atoms with Gasteiger partial charge in [0, 0.05) is 6.54 Å². The molecular weight excluding hydrogens is 289 g/mol. The fraction of sp³-hybridized carbons (Fsp3) is 0.385. The number of nitrogens with zero attached hydrogens (tertiary/aromatic N) is 1. The quantitative estimate of drug-likeness (QED) is 0.872. The molecule has 8 heteroatoms. The molecule has 3 amide bonds. The van der Waals surface area contributed by atoms with Gasteiger partial charge in [-0.2, -0.15) is 0 Å². The first-order valence-electron chi connectivity index (χ1n) is 6.07. The Morgan fingerprint density at radius 2 is 1.76 bits per heavy atom. The predicted octanol–water partition coefficient (Wildman–Crippen LogP) is 2.42. The number of benzene rings is 1. The summed E-state index contributed by atoms with van der Waals surface area (Å²) in [5.41, 5.74) is -0.416. The topological polar surface area (TPSA) is 58.6 Å². The molecule has 21 heavy (non-hydrogen) atoms. The number of rotatable bonds is 3. The third kappa shape index (κ3) is 3.26. The van der Waals surface area contributed by atoms with E-state index < -0.39 is 23.8 Å². The molecule has 1 aliphatic rings. The summed E-state index contributed by atoms with van der Waals surface area (Å²) in [6.07, 6.45) is -4.75. The van der Waals surface area contributed by atoms with Gasteiger partial charge in [-0.3, -0.25) is 10.1 Å². The van der Waals surface area contributed by atoms with Crippen molar-refractivity contribution in [3.05, 3.63) is 29.8 Å². The van der Waals surface area contributed by atoms with Crippen LogP contribution in [0.2, 0.25) is 0 Å². The Hall–Kier alpha value is -2.25. The average molecular weight is 302 g/mol. The number of halogens is 3. The van der Waals surface area contributed by atoms with Crippen molar-refractivity contribution in [3.8, 4) is 5.75 Å². The lowest BCUT2D eigenvalue weighted by molar-refractivity contribution is -0.274. The van der Waals surface area contributed by atoms with Crippen molar-refractivity contribution >= 4 is 11.9 Å². The number of amides is 3. The summed E-state index contributed by atoms with van der Waals surface area (Å²) < 4.78 is 39.9. The van der Waals surface area contributed by atoms with Crippen molar-refractivity contribution in [1.82, 2.24) is 10.2 Å². The van der Waals surface area contributed by atoms with Crippen molar-refractivity contribution in [2.24, 2.45) is 0 Å². The minimum atomic E-state index is -4.75. The maximum absolute atomic E-state index is 12.0. The molecule has 2 rings (SSSR count). The highest BCUT2D eigenvalue weighted by Gasteiger charge is 2.45. The van der Waals surface area contributed by atoms with Crippen LogP contribution in [-0.4, -0.2) is 28.7 Å². The van der Waals surface area contributed by atoms with E-state index in [0.29, 0.717) is 5.56 Å². The van der Waals surface area contributed by atoms with Crippen LogP contribution >= 0.6 is 0 Å². The van der Waals surface area contributed by atoms with Crippen LogP contribution in [0, 0.1) is 0 Å². The van der Waals surface area contributed by atoms with E-state index in [2.05, 4.69) is 10.1 Å². The van der Waals surface area contributed by atoms with Gasteiger partial charge in [0.15, 0.2) is 0 Å². The molecule has 1 N–H and O–H groups in total. The number of urea groups is 1. The first kappa shape index (κ1) is 15.1. The molecule has 1 heterocycles. The van der Waals surface area contributed by atoms with Gasteiger partial charge in [-0.25, -0.2) is 4.79 Å². The van der Waals surface area contributed by atoms with Gasteiger partial charge in [-0.15, -0.1) is 13.2 Å². The van der Waals surface area contributed by atoms with E-state index in [-0.39, 0.29) is 12.3 Å². The Kier molecular flexibility index (Phi) is 3.56. The number of nitrogens with one attached hydrogen (secondary N) is 1. The lowest BCUT2D eigenvalue weighted by Gasteiger charge is -2.27. The monoisotopic (exact) mass is 302 g/mol. The number of alkyl halides is 3. The lowest BCUT2D eigenvalue weighted by Crippen LogP contribution is -2.43. The molecule has 0 bridgehead atoms. The summed E-state index contributed by atoms with van der Waals surface area (Å²) in [5.74, 6) is -0.753. The van der Waals surface area contributed by atoms with Crippen molar-refractivity contribution in [1.29, 1.82) is 0 Å². The van der Waals surface area contributed by atoms with Crippen LogP contribution < -0.4 is 10.1 Å². The number of hydrogen-bond donors (Lipinski definition) is 1. The van der Waals surface area contributed by atoms with Crippen LogP contribution in [0.3, 0.4) is 0 Å². The number of carbonyl (C=O) groups excluding carboxylic acids is 2. The highest BCUT2D eigenvalue weighted by Crippen LogP contribution is 2.26. The first-order chi connectivity index (χ1) is 9.59. The van der Waals surface area contributed by atoms with Crippen LogP contribution in [-0.2, 0) is 11.3 Å². The van der Waals surface area contributed by atoms with Gasteiger partial charge in [0.2, 0.25) is 0 Å². The molecule has 0 spiro atoms. The van der Waals surface area contributed by atoms with E-state index >= 15 is 0 Å². The first-order valence-corrected chi connectivity index (χ1v) is 6.07. The molecule has 0 saturated carbocycles. The molecule has 0 radical (unpaired) electrons. The van der Waals surface area contributed by atoms with Crippen molar-refractivity contribution in [3.63, 3.8) is 0 Å². The number of carbonyl (C=O) groups is 2. The van der Waals surface area contributed by atoms with Gasteiger partial charge in [0.1, 0.15) is 11.3 Å². The molecule has 0 atom stereocenters. The fourth-order valence-electron chi connectivity index (χ4n) is 1.94. The van der Waals surface area contributed by atoms with E-state index in [9.17, 15) is 22.8 Å². The highest BCUT2D eigenvalue weighted by atomic mass is 19.4. The van der Waals surface area contributed by atoms with Gasteiger partial charge in [-0.1, -0.05) is 12.1 Å². The third-order valence-electron chi connectivity index (χ3n) is 3.19. The second kappa shape index (κ2) is 4.94. The summed E-state index contributed by atoms with van der Waals surface area (Å²) in [5, 5.41) is 2.19. The smallest absolute Gasteiger partial charge is 0.406 e. The molecule has 1 fully saturated rings. The number of imide groups is 1. The normalized spacial score (nSPS) is 17.9. The van der Waals surface area contributed by atoms with Crippen molar-refractivity contribution in [2.45, 2.75) is 32.3 Å². The van der Waals surface area contributed by atoms with Crippen molar-refractivity contribution < 1.29 is 27.5 Å². The van der Waals surface area contributed by atoms with E-state index in [4.69, 9.17) is 0 Å². The lowest BCUT2D eigenvalue weighted by atomic mass is 10.0. The summed E-state index contributed by atoms with van der Waals surface area (Å²) in [6.45, 7) is 3.29. The van der Waals surface area contributed by atoms with Crippen LogP contribution in [0.15, 0.2) is 24.3 Å². The number of ether oxygens (including phenoxy) is 1. The second-order valence-electron chi connectivity index (χ2n) is 5.10. The zero-order valence-electron chi connectivity index (χ0n) is 11.3. The zero-order valence-corrected chi connectivity index (χ0v) is 11.3. The Morgan fingerprint density at radius 1 is 1.19 bits per heavy atom.